The first-order valence-electron chi connectivity index (χ1n) is 11.6. The number of hydrogen-bond acceptors (Lipinski definition) is 5. The maximum atomic E-state index is 12.6. The summed E-state index contributed by atoms with van der Waals surface area (Å²) in [5, 5.41) is 11.4. The predicted molar refractivity (Wildman–Crippen MR) is 135 cm³/mol. The zero-order valence-electron chi connectivity index (χ0n) is 19.6. The van der Waals surface area contributed by atoms with Crippen LogP contribution >= 0.6 is 0 Å². The lowest BCUT2D eigenvalue weighted by Crippen LogP contribution is -2.50. The van der Waals surface area contributed by atoms with Gasteiger partial charge in [0.15, 0.2) is 12.4 Å². The summed E-state index contributed by atoms with van der Waals surface area (Å²) in [5.74, 6) is 1.58. The summed E-state index contributed by atoms with van der Waals surface area (Å²) in [7, 11) is 0. The molecule has 34 heavy (non-hydrogen) atoms. The van der Waals surface area contributed by atoms with Crippen LogP contribution in [0, 0.1) is 13.8 Å². The highest BCUT2D eigenvalue weighted by Gasteiger charge is 2.22. The number of rotatable bonds is 5. The van der Waals surface area contributed by atoms with Gasteiger partial charge in [-0.25, -0.2) is 0 Å². The molecule has 6 nitrogen and oxygen atoms in total. The molecule has 3 aromatic carbocycles. The van der Waals surface area contributed by atoms with E-state index >= 15 is 0 Å². The van der Waals surface area contributed by atoms with Crippen LogP contribution in [-0.2, 0) is 4.79 Å². The number of anilines is 1. The second-order valence-corrected chi connectivity index (χ2v) is 8.71. The summed E-state index contributed by atoms with van der Waals surface area (Å²) in [6.07, 6.45) is 0. The van der Waals surface area contributed by atoms with Crippen molar-refractivity contribution in [1.82, 2.24) is 15.1 Å². The summed E-state index contributed by atoms with van der Waals surface area (Å²) in [4.78, 5) is 16.7. The lowest BCUT2D eigenvalue weighted by atomic mass is 10.0. The fourth-order valence-corrected chi connectivity index (χ4v) is 4.31. The number of fused-ring (bicyclic) bond motifs is 1. The molecular formula is C28H28N4O2. The van der Waals surface area contributed by atoms with E-state index in [1.807, 2.05) is 60.4 Å². The van der Waals surface area contributed by atoms with Gasteiger partial charge in [-0.15, -0.1) is 10.2 Å². The van der Waals surface area contributed by atoms with Crippen molar-refractivity contribution in [3.05, 3.63) is 83.9 Å². The Balaban J connectivity index is 1.18. The molecule has 1 amide bonds. The number of ether oxygens (including phenoxy) is 1. The predicted octanol–water partition coefficient (Wildman–Crippen LogP) is 4.64. The topological polar surface area (TPSA) is 58.6 Å². The van der Waals surface area contributed by atoms with Crippen LogP contribution in [0.25, 0.3) is 22.0 Å². The van der Waals surface area contributed by atoms with Crippen molar-refractivity contribution in [2.45, 2.75) is 13.8 Å². The van der Waals surface area contributed by atoms with Crippen LogP contribution in [0.2, 0.25) is 0 Å². The SMILES string of the molecule is Cc1ccc(OCC(=O)N2CCN(c3ccc(-c4cccc5ccccc45)nn3)CC2)cc1C. The third-order valence-electron chi connectivity index (χ3n) is 6.51. The fourth-order valence-electron chi connectivity index (χ4n) is 4.31. The van der Waals surface area contributed by atoms with Gasteiger partial charge in [0, 0.05) is 31.7 Å². The molecule has 0 N–H and O–H groups in total. The first-order valence-corrected chi connectivity index (χ1v) is 11.6. The summed E-state index contributed by atoms with van der Waals surface area (Å²) >= 11 is 0. The highest BCUT2D eigenvalue weighted by atomic mass is 16.5. The fraction of sp³-hybridized carbons (Fsp3) is 0.250. The van der Waals surface area contributed by atoms with Gasteiger partial charge in [-0.1, -0.05) is 48.5 Å². The minimum Gasteiger partial charge on any atom is -0.484 e. The van der Waals surface area contributed by atoms with E-state index in [1.54, 1.807) is 0 Å². The Morgan fingerprint density at radius 1 is 0.853 bits per heavy atom. The number of nitrogens with zero attached hydrogens (tertiary/aromatic N) is 4. The molecule has 0 atom stereocenters. The molecule has 0 unspecified atom stereocenters. The van der Waals surface area contributed by atoms with Gasteiger partial charge >= 0.3 is 0 Å². The van der Waals surface area contributed by atoms with Gasteiger partial charge in [0.2, 0.25) is 0 Å². The maximum Gasteiger partial charge on any atom is 0.260 e. The van der Waals surface area contributed by atoms with Crippen LogP contribution in [0.5, 0.6) is 5.75 Å². The van der Waals surface area contributed by atoms with Crippen LogP contribution in [0.1, 0.15) is 11.1 Å². The van der Waals surface area contributed by atoms with Gasteiger partial charge in [0.1, 0.15) is 5.75 Å². The number of carbonyl (C=O) groups is 1. The van der Waals surface area contributed by atoms with Crippen LogP contribution in [-0.4, -0.2) is 53.8 Å². The van der Waals surface area contributed by atoms with Crippen LogP contribution in [0.4, 0.5) is 5.82 Å². The normalized spacial score (nSPS) is 13.8. The minimum absolute atomic E-state index is 0.00951. The van der Waals surface area contributed by atoms with E-state index in [2.05, 4.69) is 46.3 Å². The molecule has 0 aliphatic carbocycles. The number of aromatic nitrogens is 2. The van der Waals surface area contributed by atoms with E-state index in [0.29, 0.717) is 13.1 Å². The average molecular weight is 453 g/mol. The molecule has 172 valence electrons. The van der Waals surface area contributed by atoms with Gasteiger partial charge in [-0.05, 0) is 60.0 Å². The van der Waals surface area contributed by atoms with Gasteiger partial charge < -0.3 is 14.5 Å². The monoisotopic (exact) mass is 452 g/mol. The average Bonchev–Trinajstić information content (AvgIpc) is 2.89. The minimum atomic E-state index is 0.00951. The van der Waals surface area contributed by atoms with Crippen LogP contribution < -0.4 is 9.64 Å². The molecule has 4 aromatic rings. The Labute approximate surface area is 199 Å². The Morgan fingerprint density at radius 2 is 1.65 bits per heavy atom. The number of hydrogen-bond donors (Lipinski definition) is 0. The molecule has 0 saturated carbocycles. The van der Waals surface area contributed by atoms with Crippen molar-refractivity contribution in [3.8, 4) is 17.0 Å². The van der Waals surface area contributed by atoms with Crippen LogP contribution in [0.3, 0.4) is 0 Å². The third-order valence-corrected chi connectivity index (χ3v) is 6.51. The molecule has 0 radical (unpaired) electrons. The van der Waals surface area contributed by atoms with E-state index < -0.39 is 0 Å². The van der Waals surface area contributed by atoms with E-state index in [9.17, 15) is 4.79 Å². The zero-order chi connectivity index (χ0) is 23.5. The molecule has 1 aliphatic heterocycles. The second-order valence-electron chi connectivity index (χ2n) is 8.71. The Kier molecular flexibility index (Phi) is 6.12. The first kappa shape index (κ1) is 21.9. The highest BCUT2D eigenvalue weighted by molar-refractivity contribution is 5.95. The lowest BCUT2D eigenvalue weighted by Gasteiger charge is -2.35. The summed E-state index contributed by atoms with van der Waals surface area (Å²) in [6.45, 7) is 6.88. The number of piperazine rings is 1. The number of amides is 1. The molecule has 0 spiro atoms. The Bertz CT molecular complexity index is 1310. The van der Waals surface area contributed by atoms with Gasteiger partial charge in [-0.3, -0.25) is 4.79 Å². The smallest absolute Gasteiger partial charge is 0.260 e. The van der Waals surface area contributed by atoms with Crippen molar-refractivity contribution in [2.75, 3.05) is 37.7 Å². The van der Waals surface area contributed by atoms with Crippen molar-refractivity contribution in [2.24, 2.45) is 0 Å². The van der Waals surface area contributed by atoms with Gasteiger partial charge in [0.05, 0.1) is 5.69 Å². The zero-order valence-corrected chi connectivity index (χ0v) is 19.6. The summed E-state index contributed by atoms with van der Waals surface area (Å²) in [6, 6.07) is 24.5. The molecule has 5 rings (SSSR count). The molecule has 2 heterocycles. The molecular weight excluding hydrogens is 424 g/mol. The molecule has 0 bridgehead atoms. The van der Waals surface area contributed by atoms with E-state index in [0.717, 1.165) is 41.5 Å². The molecule has 1 aliphatic rings. The van der Waals surface area contributed by atoms with E-state index in [4.69, 9.17) is 4.74 Å². The summed E-state index contributed by atoms with van der Waals surface area (Å²) < 4.78 is 5.73. The Morgan fingerprint density at radius 3 is 2.41 bits per heavy atom. The second kappa shape index (κ2) is 9.51. The first-order chi connectivity index (χ1) is 16.6. The largest absolute Gasteiger partial charge is 0.484 e. The number of carbonyl (C=O) groups excluding carboxylic acids is 1. The quantitative estimate of drug-likeness (QED) is 0.442. The van der Waals surface area contributed by atoms with Crippen molar-refractivity contribution in [3.63, 3.8) is 0 Å². The Hall–Kier alpha value is -3.93. The van der Waals surface area contributed by atoms with Gasteiger partial charge in [0.25, 0.3) is 5.91 Å². The number of aryl methyl sites for hydroxylation is 2. The van der Waals surface area contributed by atoms with Gasteiger partial charge in [-0.2, -0.15) is 0 Å². The van der Waals surface area contributed by atoms with Crippen molar-refractivity contribution < 1.29 is 9.53 Å². The molecule has 1 fully saturated rings. The van der Waals surface area contributed by atoms with E-state index in [1.165, 1.54) is 16.3 Å². The van der Waals surface area contributed by atoms with Crippen LogP contribution in [0.15, 0.2) is 72.8 Å². The number of benzene rings is 3. The molecule has 6 heteroatoms. The van der Waals surface area contributed by atoms with Crippen molar-refractivity contribution >= 4 is 22.5 Å². The standard InChI is InChI=1S/C28H28N4O2/c1-20-10-11-23(18-21(20)2)34-19-28(33)32-16-14-31(15-17-32)27-13-12-26(29-30-27)25-9-5-7-22-6-3-4-8-24(22)25/h3-13,18H,14-17,19H2,1-2H3. The molecule has 1 aromatic heterocycles. The maximum absolute atomic E-state index is 12.6. The molecule has 1 saturated heterocycles. The van der Waals surface area contributed by atoms with E-state index in [-0.39, 0.29) is 12.5 Å². The van der Waals surface area contributed by atoms with Crippen molar-refractivity contribution in [1.29, 1.82) is 0 Å². The highest BCUT2D eigenvalue weighted by Crippen LogP contribution is 2.27. The summed E-state index contributed by atoms with van der Waals surface area (Å²) in [5.41, 5.74) is 4.31. The third kappa shape index (κ3) is 4.57. The lowest BCUT2D eigenvalue weighted by molar-refractivity contribution is -0.133.